The Kier molecular flexibility index (Phi) is 33.4. The molecule has 0 aliphatic rings. The summed E-state index contributed by atoms with van der Waals surface area (Å²) in [6, 6.07) is 16.8. The van der Waals surface area contributed by atoms with E-state index in [-0.39, 0.29) is 0 Å². The van der Waals surface area contributed by atoms with Crippen LogP contribution in [0, 0.1) is 0 Å². The van der Waals surface area contributed by atoms with Crippen molar-refractivity contribution in [2.75, 3.05) is 0 Å². The molecule has 0 aromatic heterocycles. The van der Waals surface area contributed by atoms with Crippen LogP contribution in [0.15, 0.2) is 30.3 Å². The monoisotopic (exact) mass is 669 g/mol. The molecular formula is C46H88Si. The molecule has 0 aliphatic heterocycles. The van der Waals surface area contributed by atoms with Crippen molar-refractivity contribution in [3.63, 3.8) is 0 Å². The third kappa shape index (κ3) is 26.9. The van der Waals surface area contributed by atoms with Crippen molar-refractivity contribution < 1.29 is 0 Å². The average molecular weight is 669 g/mol. The number of benzene rings is 1. The Morgan fingerprint density at radius 2 is 0.489 bits per heavy atom. The highest BCUT2D eigenvalue weighted by Gasteiger charge is 2.33. The van der Waals surface area contributed by atoms with Crippen molar-refractivity contribution in [3.05, 3.63) is 30.3 Å². The van der Waals surface area contributed by atoms with E-state index < -0.39 is 8.07 Å². The zero-order valence-corrected chi connectivity index (χ0v) is 34.0. The molecule has 0 nitrogen and oxygen atoms in total. The molecule has 0 aliphatic carbocycles. The average Bonchev–Trinajstić information content (AvgIpc) is 3.10. The predicted molar refractivity (Wildman–Crippen MR) is 220 cm³/mol. The van der Waals surface area contributed by atoms with Crippen LogP contribution in [0.5, 0.6) is 0 Å². The maximum atomic E-state index is 2.56. The van der Waals surface area contributed by atoms with E-state index in [0.29, 0.717) is 0 Å². The van der Waals surface area contributed by atoms with Crippen LogP contribution in [0.4, 0.5) is 0 Å². The van der Waals surface area contributed by atoms with E-state index in [1.54, 1.807) is 18.1 Å². The standard InChI is InChI=1S/C46H88Si/c1-4-7-10-13-16-19-22-24-27-30-33-39-44-47(46-41-36-35-37-42-46,43-38-32-29-26-21-18-15-12-9-6-3)45-40-34-31-28-25-23-20-17-14-11-8-5-2/h35-37,41-42H,4-34,38-40,43-45H2,1-3H3. The third-order valence-corrected chi connectivity index (χ3v) is 16.9. The third-order valence-electron chi connectivity index (χ3n) is 11.4. The van der Waals surface area contributed by atoms with Gasteiger partial charge in [-0.3, -0.25) is 0 Å². The highest BCUT2D eigenvalue weighted by Crippen LogP contribution is 2.30. The summed E-state index contributed by atoms with van der Waals surface area (Å²) in [5, 5.41) is 1.81. The van der Waals surface area contributed by atoms with Gasteiger partial charge in [-0.25, -0.2) is 0 Å². The molecule has 0 amide bonds. The molecule has 0 spiro atoms. The number of rotatable bonds is 38. The lowest BCUT2D eigenvalue weighted by Gasteiger charge is -2.33. The van der Waals surface area contributed by atoms with Gasteiger partial charge in [-0.15, -0.1) is 0 Å². The molecule has 0 saturated heterocycles. The maximum Gasteiger partial charge on any atom is 0.0867 e. The van der Waals surface area contributed by atoms with Crippen molar-refractivity contribution in [1.82, 2.24) is 0 Å². The van der Waals surface area contributed by atoms with Crippen molar-refractivity contribution >= 4 is 13.3 Å². The SMILES string of the molecule is CCCCCCCCCCCCCC[Si](CCCCCCCCCCCC)(CCCCCCCCCCCCCC)c1ccccc1. The van der Waals surface area contributed by atoms with E-state index in [0.717, 1.165) is 0 Å². The van der Waals surface area contributed by atoms with Crippen molar-refractivity contribution in [2.24, 2.45) is 0 Å². The van der Waals surface area contributed by atoms with Crippen LogP contribution in [0.2, 0.25) is 18.1 Å². The van der Waals surface area contributed by atoms with E-state index in [1.165, 1.54) is 218 Å². The summed E-state index contributed by atoms with van der Waals surface area (Å²) in [4.78, 5) is 0. The maximum absolute atomic E-state index is 2.56. The van der Waals surface area contributed by atoms with Gasteiger partial charge >= 0.3 is 0 Å². The molecule has 0 radical (unpaired) electrons. The van der Waals surface area contributed by atoms with Crippen LogP contribution in [-0.4, -0.2) is 8.07 Å². The molecule has 1 aromatic rings. The molecule has 0 unspecified atom stereocenters. The Labute approximate surface area is 299 Å². The van der Waals surface area contributed by atoms with Gasteiger partial charge in [-0.2, -0.15) is 0 Å². The first-order valence-electron chi connectivity index (χ1n) is 22.3. The van der Waals surface area contributed by atoms with Crippen molar-refractivity contribution in [2.45, 2.75) is 257 Å². The van der Waals surface area contributed by atoms with Gasteiger partial charge in [0.05, 0.1) is 8.07 Å². The smallest absolute Gasteiger partial charge is 0.0654 e. The molecule has 0 fully saturated rings. The largest absolute Gasteiger partial charge is 0.0867 e. The van der Waals surface area contributed by atoms with Gasteiger partial charge in [0.1, 0.15) is 0 Å². The second-order valence-electron chi connectivity index (χ2n) is 15.9. The van der Waals surface area contributed by atoms with Gasteiger partial charge in [0.2, 0.25) is 0 Å². The Bertz CT molecular complexity index is 683. The Morgan fingerprint density at radius 1 is 0.277 bits per heavy atom. The quantitative estimate of drug-likeness (QED) is 0.0486. The van der Waals surface area contributed by atoms with Gasteiger partial charge in [0.25, 0.3) is 0 Å². The summed E-state index contributed by atoms with van der Waals surface area (Å²) < 4.78 is 0. The summed E-state index contributed by atoms with van der Waals surface area (Å²) in [5.41, 5.74) is 0. The lowest BCUT2D eigenvalue weighted by Crippen LogP contribution is -2.47. The highest BCUT2D eigenvalue weighted by atomic mass is 28.3. The van der Waals surface area contributed by atoms with Gasteiger partial charge in [-0.05, 0) is 0 Å². The molecule has 47 heavy (non-hydrogen) atoms. The molecule has 0 bridgehead atoms. The molecule has 276 valence electrons. The minimum Gasteiger partial charge on any atom is -0.0654 e. The lowest BCUT2D eigenvalue weighted by molar-refractivity contribution is 0.545. The van der Waals surface area contributed by atoms with E-state index in [2.05, 4.69) is 51.1 Å². The molecule has 1 heteroatoms. The van der Waals surface area contributed by atoms with Crippen LogP contribution >= 0.6 is 0 Å². The van der Waals surface area contributed by atoms with Crippen LogP contribution in [-0.2, 0) is 0 Å². The fourth-order valence-electron chi connectivity index (χ4n) is 8.16. The summed E-state index contributed by atoms with van der Waals surface area (Å²) in [7, 11) is -1.46. The first kappa shape index (κ1) is 44.5. The summed E-state index contributed by atoms with van der Waals surface area (Å²) in [6.07, 6.45) is 49.8. The first-order chi connectivity index (χ1) is 23.3. The highest BCUT2D eigenvalue weighted by molar-refractivity contribution is 6.91. The second kappa shape index (κ2) is 35.3. The minimum absolute atomic E-state index is 1.37. The molecular weight excluding hydrogens is 581 g/mol. The lowest BCUT2D eigenvalue weighted by atomic mass is 10.1. The minimum atomic E-state index is -1.46. The Balaban J connectivity index is 2.51. The number of unbranched alkanes of at least 4 members (excludes halogenated alkanes) is 31. The van der Waals surface area contributed by atoms with E-state index in [9.17, 15) is 0 Å². The van der Waals surface area contributed by atoms with E-state index >= 15 is 0 Å². The second-order valence-corrected chi connectivity index (χ2v) is 20.5. The zero-order valence-electron chi connectivity index (χ0n) is 33.0. The number of hydrogen-bond donors (Lipinski definition) is 0. The fraction of sp³-hybridized carbons (Fsp3) is 0.870. The predicted octanol–water partition coefficient (Wildman–Crippen LogP) is 16.7. The summed E-state index contributed by atoms with van der Waals surface area (Å²) >= 11 is 0. The van der Waals surface area contributed by atoms with Gasteiger partial charge in [0, 0.05) is 0 Å². The summed E-state index contributed by atoms with van der Waals surface area (Å²) in [6.45, 7) is 6.97. The van der Waals surface area contributed by atoms with Crippen LogP contribution in [0.1, 0.15) is 239 Å². The van der Waals surface area contributed by atoms with E-state index in [1.807, 2.05) is 5.19 Å². The molecule has 0 atom stereocenters. The van der Waals surface area contributed by atoms with Gasteiger partial charge < -0.3 is 0 Å². The normalized spacial score (nSPS) is 11.9. The van der Waals surface area contributed by atoms with Gasteiger partial charge in [0.15, 0.2) is 0 Å². The topological polar surface area (TPSA) is 0 Å². The Hall–Kier alpha value is -0.563. The molecule has 0 N–H and O–H groups in total. The fourth-order valence-corrected chi connectivity index (χ4v) is 13.5. The molecule has 0 saturated carbocycles. The van der Waals surface area contributed by atoms with Crippen LogP contribution in [0.25, 0.3) is 0 Å². The molecule has 0 heterocycles. The molecule has 1 rings (SSSR count). The van der Waals surface area contributed by atoms with Crippen molar-refractivity contribution in [1.29, 1.82) is 0 Å². The van der Waals surface area contributed by atoms with E-state index in [4.69, 9.17) is 0 Å². The van der Waals surface area contributed by atoms with Crippen LogP contribution < -0.4 is 5.19 Å². The van der Waals surface area contributed by atoms with Crippen LogP contribution in [0.3, 0.4) is 0 Å². The van der Waals surface area contributed by atoms with Gasteiger partial charge in [-0.1, -0.05) is 293 Å². The summed E-state index contributed by atoms with van der Waals surface area (Å²) in [5.74, 6) is 0. The van der Waals surface area contributed by atoms with Crippen molar-refractivity contribution in [3.8, 4) is 0 Å². The zero-order chi connectivity index (χ0) is 33.8. The first-order valence-corrected chi connectivity index (χ1v) is 25.0. The molecule has 1 aromatic carbocycles. The Morgan fingerprint density at radius 3 is 0.723 bits per heavy atom. The number of hydrogen-bond acceptors (Lipinski definition) is 0.